The molecule has 0 aliphatic heterocycles. The van der Waals surface area contributed by atoms with Crippen LogP contribution in [0.2, 0.25) is 0 Å². The van der Waals surface area contributed by atoms with Crippen molar-refractivity contribution in [2.24, 2.45) is 5.41 Å². The Hall–Kier alpha value is -0.360. The predicted molar refractivity (Wildman–Crippen MR) is 80.0 cm³/mol. The average molecular weight is 416 g/mol. The summed E-state index contributed by atoms with van der Waals surface area (Å²) >= 11 is 6.50. The lowest BCUT2D eigenvalue weighted by molar-refractivity contribution is -0.137. The SMILES string of the molecule is CC(C)(C)C(=O)C(Br)Cc1cc(C(F)(F)F)ccc1Br. The molecule has 0 saturated carbocycles. The van der Waals surface area contributed by atoms with Gasteiger partial charge in [0.2, 0.25) is 0 Å². The summed E-state index contributed by atoms with van der Waals surface area (Å²) in [4.78, 5) is 11.6. The summed E-state index contributed by atoms with van der Waals surface area (Å²) in [5, 5.41) is 0. The van der Waals surface area contributed by atoms with Crippen LogP contribution in [0.4, 0.5) is 13.2 Å². The lowest BCUT2D eigenvalue weighted by Gasteiger charge is -2.21. The predicted octanol–water partition coefficient (Wildman–Crippen LogP) is 5.39. The Labute approximate surface area is 133 Å². The van der Waals surface area contributed by atoms with Gasteiger partial charge in [0.15, 0.2) is 5.78 Å². The third-order valence-electron chi connectivity index (χ3n) is 2.80. The maximum atomic E-state index is 12.7. The fourth-order valence-corrected chi connectivity index (χ4v) is 3.11. The summed E-state index contributed by atoms with van der Waals surface area (Å²) in [5.41, 5.74) is -0.791. The minimum atomic E-state index is -4.38. The molecule has 1 nitrogen and oxygen atoms in total. The summed E-state index contributed by atoms with van der Waals surface area (Å²) in [7, 11) is 0. The van der Waals surface area contributed by atoms with E-state index in [0.29, 0.717) is 10.0 Å². The van der Waals surface area contributed by atoms with Gasteiger partial charge in [-0.1, -0.05) is 52.6 Å². The maximum Gasteiger partial charge on any atom is 0.416 e. The highest BCUT2D eigenvalue weighted by Gasteiger charge is 2.32. The Kier molecular flexibility index (Phi) is 5.46. The Bertz CT molecular complexity index is 504. The zero-order valence-electron chi connectivity index (χ0n) is 11.3. The highest BCUT2D eigenvalue weighted by Crippen LogP contribution is 2.33. The monoisotopic (exact) mass is 414 g/mol. The van der Waals surface area contributed by atoms with Crippen molar-refractivity contribution in [3.05, 3.63) is 33.8 Å². The third kappa shape index (κ3) is 4.58. The van der Waals surface area contributed by atoms with E-state index in [1.165, 1.54) is 6.07 Å². The van der Waals surface area contributed by atoms with Crippen molar-refractivity contribution >= 4 is 37.6 Å². The van der Waals surface area contributed by atoms with E-state index in [2.05, 4.69) is 31.9 Å². The molecule has 0 N–H and O–H groups in total. The molecule has 0 aliphatic rings. The smallest absolute Gasteiger partial charge is 0.298 e. The van der Waals surface area contributed by atoms with Gasteiger partial charge >= 0.3 is 6.18 Å². The topological polar surface area (TPSA) is 17.1 Å². The van der Waals surface area contributed by atoms with Crippen molar-refractivity contribution in [2.75, 3.05) is 0 Å². The van der Waals surface area contributed by atoms with Crippen LogP contribution >= 0.6 is 31.9 Å². The Balaban J connectivity index is 3.01. The van der Waals surface area contributed by atoms with Gasteiger partial charge in [0, 0.05) is 9.89 Å². The van der Waals surface area contributed by atoms with E-state index in [-0.39, 0.29) is 12.2 Å². The summed E-state index contributed by atoms with van der Waals surface area (Å²) in [6.45, 7) is 5.35. The molecule has 1 atom stereocenters. The minimum absolute atomic E-state index is 0.0400. The van der Waals surface area contributed by atoms with Crippen LogP contribution in [0.3, 0.4) is 0 Å². The number of Topliss-reactive ketones (excluding diaryl/α,β-unsaturated/α-hetero) is 1. The first-order valence-corrected chi connectivity index (χ1v) is 7.68. The van der Waals surface area contributed by atoms with E-state index in [0.717, 1.165) is 12.1 Å². The van der Waals surface area contributed by atoms with E-state index >= 15 is 0 Å². The number of hydrogen-bond donors (Lipinski definition) is 0. The molecule has 0 heterocycles. The molecule has 20 heavy (non-hydrogen) atoms. The largest absolute Gasteiger partial charge is 0.416 e. The minimum Gasteiger partial charge on any atom is -0.298 e. The molecule has 1 aromatic rings. The molecule has 6 heteroatoms. The van der Waals surface area contributed by atoms with E-state index in [1.54, 1.807) is 20.8 Å². The number of ketones is 1. The van der Waals surface area contributed by atoms with Crippen molar-refractivity contribution in [2.45, 2.75) is 38.2 Å². The normalized spacial score (nSPS) is 14.2. The van der Waals surface area contributed by atoms with Gasteiger partial charge in [-0.2, -0.15) is 13.2 Å². The Morgan fingerprint density at radius 3 is 2.25 bits per heavy atom. The summed E-state index contributed by atoms with van der Waals surface area (Å²) in [6.07, 6.45) is -4.17. The van der Waals surface area contributed by atoms with Crippen molar-refractivity contribution in [3.63, 3.8) is 0 Å². The van der Waals surface area contributed by atoms with Gasteiger partial charge in [-0.15, -0.1) is 0 Å². The summed E-state index contributed by atoms with van der Waals surface area (Å²) in [6, 6.07) is 3.45. The van der Waals surface area contributed by atoms with Gasteiger partial charge in [-0.3, -0.25) is 4.79 Å². The van der Waals surface area contributed by atoms with Crippen LogP contribution in [0.15, 0.2) is 22.7 Å². The Morgan fingerprint density at radius 2 is 1.80 bits per heavy atom. The van der Waals surface area contributed by atoms with Crippen LogP contribution in [-0.4, -0.2) is 10.6 Å². The van der Waals surface area contributed by atoms with Crippen LogP contribution in [-0.2, 0) is 17.4 Å². The van der Waals surface area contributed by atoms with Crippen LogP contribution in [0.25, 0.3) is 0 Å². The number of carbonyl (C=O) groups is 1. The maximum absolute atomic E-state index is 12.7. The second kappa shape index (κ2) is 6.18. The first kappa shape index (κ1) is 17.7. The molecule has 1 rings (SSSR count). The molecular weight excluding hydrogens is 401 g/mol. The quantitative estimate of drug-likeness (QED) is 0.605. The molecule has 0 amide bonds. The molecule has 0 saturated heterocycles. The van der Waals surface area contributed by atoms with Crippen LogP contribution in [0.5, 0.6) is 0 Å². The molecule has 0 aromatic heterocycles. The molecule has 1 aromatic carbocycles. The molecule has 112 valence electrons. The lowest BCUT2D eigenvalue weighted by Crippen LogP contribution is -2.30. The van der Waals surface area contributed by atoms with E-state index in [1.807, 2.05) is 0 Å². The zero-order chi connectivity index (χ0) is 15.7. The van der Waals surface area contributed by atoms with Gasteiger partial charge in [0.25, 0.3) is 0 Å². The van der Waals surface area contributed by atoms with Gasteiger partial charge in [0.1, 0.15) is 0 Å². The number of hydrogen-bond acceptors (Lipinski definition) is 1. The van der Waals surface area contributed by atoms with Crippen LogP contribution in [0, 0.1) is 5.41 Å². The number of alkyl halides is 4. The molecule has 0 aliphatic carbocycles. The molecule has 0 fully saturated rings. The molecular formula is C14H15Br2F3O. The highest BCUT2D eigenvalue weighted by atomic mass is 79.9. The van der Waals surface area contributed by atoms with E-state index < -0.39 is 22.0 Å². The summed E-state index contributed by atoms with van der Waals surface area (Å²) in [5.74, 6) is -0.0400. The average Bonchev–Trinajstić information content (AvgIpc) is 2.28. The van der Waals surface area contributed by atoms with Crippen LogP contribution in [0.1, 0.15) is 31.9 Å². The van der Waals surface area contributed by atoms with Crippen molar-refractivity contribution in [3.8, 4) is 0 Å². The van der Waals surface area contributed by atoms with Gasteiger partial charge < -0.3 is 0 Å². The van der Waals surface area contributed by atoms with Crippen molar-refractivity contribution in [1.82, 2.24) is 0 Å². The fourth-order valence-electron chi connectivity index (χ4n) is 1.66. The third-order valence-corrected chi connectivity index (χ3v) is 4.31. The zero-order valence-corrected chi connectivity index (χ0v) is 14.5. The second-order valence-corrected chi connectivity index (χ2v) is 7.55. The number of rotatable bonds is 3. The first-order chi connectivity index (χ1) is 8.93. The molecule has 1 unspecified atom stereocenters. The standard InChI is InChI=1S/C14H15Br2F3O/c1-13(2,3)12(20)11(16)7-8-6-9(14(17,18)19)4-5-10(8)15/h4-6,11H,7H2,1-3H3. The van der Waals surface area contributed by atoms with E-state index in [9.17, 15) is 18.0 Å². The van der Waals surface area contributed by atoms with Gasteiger partial charge in [-0.05, 0) is 30.2 Å². The Morgan fingerprint density at radius 1 is 1.25 bits per heavy atom. The highest BCUT2D eigenvalue weighted by molar-refractivity contribution is 9.10. The number of carbonyl (C=O) groups excluding carboxylic acids is 1. The van der Waals surface area contributed by atoms with Gasteiger partial charge in [0.05, 0.1) is 10.4 Å². The number of halogens is 5. The molecule has 0 bridgehead atoms. The first-order valence-electron chi connectivity index (χ1n) is 5.97. The van der Waals surface area contributed by atoms with Crippen LogP contribution < -0.4 is 0 Å². The number of benzene rings is 1. The summed E-state index contributed by atoms with van der Waals surface area (Å²) < 4.78 is 38.6. The molecule has 0 spiro atoms. The van der Waals surface area contributed by atoms with E-state index in [4.69, 9.17) is 0 Å². The fraction of sp³-hybridized carbons (Fsp3) is 0.500. The molecule has 0 radical (unpaired) electrons. The van der Waals surface area contributed by atoms with Crippen molar-refractivity contribution in [1.29, 1.82) is 0 Å². The van der Waals surface area contributed by atoms with Gasteiger partial charge in [-0.25, -0.2) is 0 Å². The van der Waals surface area contributed by atoms with Crippen molar-refractivity contribution < 1.29 is 18.0 Å². The lowest BCUT2D eigenvalue weighted by atomic mass is 9.87. The second-order valence-electron chi connectivity index (χ2n) is 5.59.